The van der Waals surface area contributed by atoms with Crippen molar-refractivity contribution in [3.63, 3.8) is 0 Å². The molecule has 1 aromatic carbocycles. The Kier molecular flexibility index (Phi) is 3.32. The summed E-state index contributed by atoms with van der Waals surface area (Å²) in [4.78, 5) is 25.5. The lowest BCUT2D eigenvalue weighted by Crippen LogP contribution is -2.30. The predicted octanol–water partition coefficient (Wildman–Crippen LogP) is 2.80. The number of benzene rings is 1. The molecule has 0 aromatic heterocycles. The molecule has 0 saturated heterocycles. The van der Waals surface area contributed by atoms with Crippen LogP contribution in [-0.4, -0.2) is 18.2 Å². The highest BCUT2D eigenvalue weighted by Crippen LogP contribution is 2.33. The van der Waals surface area contributed by atoms with E-state index in [1.165, 1.54) is 0 Å². The second-order valence-corrected chi connectivity index (χ2v) is 4.69. The predicted molar refractivity (Wildman–Crippen MR) is 72.0 cm³/mol. The van der Waals surface area contributed by atoms with Crippen LogP contribution in [0.1, 0.15) is 34.3 Å². The second-order valence-electron chi connectivity index (χ2n) is 4.69. The molecule has 2 rings (SSSR count). The van der Waals surface area contributed by atoms with Crippen molar-refractivity contribution in [3.05, 3.63) is 41.5 Å². The highest BCUT2D eigenvalue weighted by Gasteiger charge is 2.36. The number of anilines is 1. The molecule has 0 bridgehead atoms. The molecule has 1 aliphatic heterocycles. The van der Waals surface area contributed by atoms with Crippen molar-refractivity contribution < 1.29 is 9.59 Å². The van der Waals surface area contributed by atoms with Gasteiger partial charge in [-0.05, 0) is 43.9 Å². The van der Waals surface area contributed by atoms with Gasteiger partial charge in [0.2, 0.25) is 0 Å². The molecule has 0 unspecified atom stereocenters. The maximum atomic E-state index is 12.0. The van der Waals surface area contributed by atoms with Crippen molar-refractivity contribution >= 4 is 17.4 Å². The maximum Gasteiger partial charge on any atom is 0.299 e. The van der Waals surface area contributed by atoms with Crippen LogP contribution in [0.5, 0.6) is 0 Å². The molecule has 0 fully saturated rings. The van der Waals surface area contributed by atoms with Crippen LogP contribution >= 0.6 is 0 Å². The van der Waals surface area contributed by atoms with Gasteiger partial charge in [0.15, 0.2) is 0 Å². The first-order chi connectivity index (χ1) is 8.56. The van der Waals surface area contributed by atoms with Crippen LogP contribution in [-0.2, 0) is 4.79 Å². The number of aryl methyl sites for hydroxylation is 2. The molecule has 0 N–H and O–H groups in total. The number of hydrogen-bond donors (Lipinski definition) is 0. The van der Waals surface area contributed by atoms with E-state index in [1.807, 2.05) is 26.0 Å². The minimum absolute atomic E-state index is 0.379. The van der Waals surface area contributed by atoms with Gasteiger partial charge in [0, 0.05) is 6.54 Å². The lowest BCUT2D eigenvalue weighted by Gasteiger charge is -2.18. The smallest absolute Gasteiger partial charge is 0.299 e. The van der Waals surface area contributed by atoms with Gasteiger partial charge in [-0.15, -0.1) is 6.58 Å². The summed E-state index contributed by atoms with van der Waals surface area (Å²) in [6.45, 7) is 8.12. The fourth-order valence-electron chi connectivity index (χ4n) is 2.44. The van der Waals surface area contributed by atoms with E-state index in [0.29, 0.717) is 12.1 Å². The number of amides is 1. The Labute approximate surface area is 107 Å². The third-order valence-corrected chi connectivity index (χ3v) is 3.19. The average Bonchev–Trinajstić information content (AvgIpc) is 2.55. The molecule has 1 heterocycles. The number of allylic oxidation sites excluding steroid dienone is 1. The van der Waals surface area contributed by atoms with Crippen molar-refractivity contribution in [1.82, 2.24) is 0 Å². The Hall–Kier alpha value is -1.90. The summed E-state index contributed by atoms with van der Waals surface area (Å²) >= 11 is 0. The number of unbranched alkanes of at least 4 members (excludes halogenated alkanes) is 1. The lowest BCUT2D eigenvalue weighted by atomic mass is 10.0. The summed E-state index contributed by atoms with van der Waals surface area (Å²) < 4.78 is 0. The van der Waals surface area contributed by atoms with Gasteiger partial charge in [-0.2, -0.15) is 0 Å². The van der Waals surface area contributed by atoms with Crippen LogP contribution in [0.3, 0.4) is 0 Å². The Morgan fingerprint density at radius 2 is 2.00 bits per heavy atom. The largest absolute Gasteiger partial charge is 0.304 e. The fourth-order valence-corrected chi connectivity index (χ4v) is 2.44. The Morgan fingerprint density at radius 3 is 2.67 bits per heavy atom. The molecule has 3 heteroatoms. The quantitative estimate of drug-likeness (QED) is 0.463. The zero-order valence-electron chi connectivity index (χ0n) is 10.8. The van der Waals surface area contributed by atoms with Crippen LogP contribution in [0.2, 0.25) is 0 Å². The molecular weight excluding hydrogens is 226 g/mol. The molecule has 0 saturated carbocycles. The maximum absolute atomic E-state index is 12.0. The summed E-state index contributed by atoms with van der Waals surface area (Å²) in [6, 6.07) is 3.81. The van der Waals surface area contributed by atoms with Crippen LogP contribution < -0.4 is 4.90 Å². The topological polar surface area (TPSA) is 37.4 Å². The summed E-state index contributed by atoms with van der Waals surface area (Å²) in [5, 5.41) is 0. The van der Waals surface area contributed by atoms with E-state index in [1.54, 1.807) is 11.0 Å². The van der Waals surface area contributed by atoms with Gasteiger partial charge >= 0.3 is 0 Å². The van der Waals surface area contributed by atoms with Gasteiger partial charge < -0.3 is 4.90 Å². The van der Waals surface area contributed by atoms with Gasteiger partial charge in [0.1, 0.15) is 0 Å². The number of hydrogen-bond acceptors (Lipinski definition) is 2. The van der Waals surface area contributed by atoms with Crippen LogP contribution in [0.4, 0.5) is 5.69 Å². The molecule has 1 aromatic rings. The van der Waals surface area contributed by atoms with Gasteiger partial charge in [-0.25, -0.2) is 0 Å². The van der Waals surface area contributed by atoms with E-state index in [2.05, 4.69) is 6.58 Å². The number of ketones is 1. The highest BCUT2D eigenvalue weighted by molar-refractivity contribution is 6.52. The van der Waals surface area contributed by atoms with Crippen molar-refractivity contribution in [2.45, 2.75) is 26.7 Å². The Morgan fingerprint density at radius 1 is 1.28 bits per heavy atom. The molecule has 3 nitrogen and oxygen atoms in total. The van der Waals surface area contributed by atoms with E-state index in [9.17, 15) is 9.59 Å². The SMILES string of the molecule is C=CCCCN1C(=O)C(=O)c2cc(C)cc(C)c21. The van der Waals surface area contributed by atoms with Gasteiger partial charge in [-0.3, -0.25) is 9.59 Å². The third kappa shape index (κ3) is 1.96. The minimum atomic E-state index is -0.400. The van der Waals surface area contributed by atoms with E-state index in [-0.39, 0.29) is 5.78 Å². The van der Waals surface area contributed by atoms with E-state index in [0.717, 1.165) is 29.7 Å². The molecule has 0 spiro atoms. The van der Waals surface area contributed by atoms with Gasteiger partial charge in [0.05, 0.1) is 11.3 Å². The van der Waals surface area contributed by atoms with E-state index < -0.39 is 5.91 Å². The average molecular weight is 243 g/mol. The number of carbonyl (C=O) groups is 2. The monoisotopic (exact) mass is 243 g/mol. The Bertz CT molecular complexity index is 532. The summed E-state index contributed by atoms with van der Waals surface area (Å²) in [5.41, 5.74) is 3.35. The first kappa shape index (κ1) is 12.6. The van der Waals surface area contributed by atoms with E-state index >= 15 is 0 Å². The molecule has 0 atom stereocenters. The van der Waals surface area contributed by atoms with Crippen molar-refractivity contribution in [3.8, 4) is 0 Å². The minimum Gasteiger partial charge on any atom is -0.304 e. The van der Waals surface area contributed by atoms with Crippen molar-refractivity contribution in [2.24, 2.45) is 0 Å². The number of rotatable bonds is 4. The van der Waals surface area contributed by atoms with Crippen LogP contribution in [0.25, 0.3) is 0 Å². The first-order valence-corrected chi connectivity index (χ1v) is 6.14. The van der Waals surface area contributed by atoms with Gasteiger partial charge in [-0.1, -0.05) is 12.1 Å². The molecule has 0 radical (unpaired) electrons. The number of nitrogens with zero attached hydrogens (tertiary/aromatic N) is 1. The number of fused-ring (bicyclic) bond motifs is 1. The van der Waals surface area contributed by atoms with Gasteiger partial charge in [0.25, 0.3) is 11.7 Å². The highest BCUT2D eigenvalue weighted by atomic mass is 16.2. The zero-order valence-corrected chi connectivity index (χ0v) is 10.8. The summed E-state index contributed by atoms with van der Waals surface area (Å²) in [5.74, 6) is -0.779. The Balaban J connectivity index is 2.38. The zero-order chi connectivity index (χ0) is 13.3. The molecule has 18 heavy (non-hydrogen) atoms. The molecule has 94 valence electrons. The molecule has 1 aliphatic rings. The van der Waals surface area contributed by atoms with Crippen LogP contribution in [0.15, 0.2) is 24.8 Å². The molecule has 0 aliphatic carbocycles. The first-order valence-electron chi connectivity index (χ1n) is 6.14. The molecular formula is C15H17NO2. The normalized spacial score (nSPS) is 14.0. The van der Waals surface area contributed by atoms with Crippen molar-refractivity contribution in [1.29, 1.82) is 0 Å². The number of Topliss-reactive ketones (excluding diaryl/α,β-unsaturated/α-hetero) is 1. The second kappa shape index (κ2) is 4.77. The fraction of sp³-hybridized carbons (Fsp3) is 0.333. The summed E-state index contributed by atoms with van der Waals surface area (Å²) in [7, 11) is 0. The molecule has 1 amide bonds. The summed E-state index contributed by atoms with van der Waals surface area (Å²) in [6.07, 6.45) is 3.50. The number of carbonyl (C=O) groups excluding carboxylic acids is 2. The lowest BCUT2D eigenvalue weighted by molar-refractivity contribution is -0.114. The third-order valence-electron chi connectivity index (χ3n) is 3.19. The standard InChI is InChI=1S/C15H17NO2/c1-4-5-6-7-16-13-11(3)8-10(2)9-12(13)14(17)15(16)18/h4,8-9H,1,5-7H2,2-3H3. The van der Waals surface area contributed by atoms with Crippen molar-refractivity contribution in [2.75, 3.05) is 11.4 Å². The van der Waals surface area contributed by atoms with E-state index in [4.69, 9.17) is 0 Å². The van der Waals surface area contributed by atoms with Crippen LogP contribution in [0, 0.1) is 13.8 Å².